The molecule has 1 aromatic carbocycles. The van der Waals surface area contributed by atoms with E-state index in [4.69, 9.17) is 5.73 Å². The number of benzene rings is 1. The van der Waals surface area contributed by atoms with E-state index in [-0.39, 0.29) is 24.5 Å². The summed E-state index contributed by atoms with van der Waals surface area (Å²) < 4.78 is 15.1. The van der Waals surface area contributed by atoms with Crippen LogP contribution in [-0.2, 0) is 13.1 Å². The molecule has 1 aromatic heterocycles. The predicted octanol–water partition coefficient (Wildman–Crippen LogP) is 0.955. The highest BCUT2D eigenvalue weighted by Gasteiger charge is 2.07. The molecule has 0 aliphatic heterocycles. The van der Waals surface area contributed by atoms with Gasteiger partial charge in [0.05, 0.1) is 18.4 Å². The molecular formula is C14H17FN4O. The van der Waals surface area contributed by atoms with Gasteiger partial charge in [-0.1, -0.05) is 12.1 Å². The summed E-state index contributed by atoms with van der Waals surface area (Å²) in [5.74, 6) is -0.377. The first kappa shape index (κ1) is 14.2. The maximum absolute atomic E-state index is 13.9. The van der Waals surface area contributed by atoms with E-state index in [1.54, 1.807) is 23.2 Å². The zero-order chi connectivity index (χ0) is 14.7. The summed E-state index contributed by atoms with van der Waals surface area (Å²) >= 11 is 0. The van der Waals surface area contributed by atoms with Crippen LogP contribution >= 0.6 is 0 Å². The molecule has 0 saturated carbocycles. The summed E-state index contributed by atoms with van der Waals surface area (Å²) in [7, 11) is 3.65. The molecule has 6 heteroatoms. The average molecular weight is 276 g/mol. The van der Waals surface area contributed by atoms with E-state index in [0.717, 1.165) is 5.56 Å². The molecule has 5 nitrogen and oxygen atoms in total. The van der Waals surface area contributed by atoms with Crippen molar-refractivity contribution in [1.29, 1.82) is 0 Å². The fourth-order valence-electron chi connectivity index (χ4n) is 1.79. The van der Waals surface area contributed by atoms with Crippen molar-refractivity contribution in [3.63, 3.8) is 0 Å². The van der Waals surface area contributed by atoms with Gasteiger partial charge in [-0.25, -0.2) is 9.07 Å². The maximum atomic E-state index is 13.9. The molecular weight excluding hydrogens is 259 g/mol. The monoisotopic (exact) mass is 276 g/mol. The summed E-state index contributed by atoms with van der Waals surface area (Å²) in [5.41, 5.74) is 7.03. The topological polar surface area (TPSA) is 64.2 Å². The number of hydrogen-bond acceptors (Lipinski definition) is 4. The first-order chi connectivity index (χ1) is 9.51. The van der Waals surface area contributed by atoms with Gasteiger partial charge >= 0.3 is 0 Å². The lowest BCUT2D eigenvalue weighted by molar-refractivity contribution is 0.570. The van der Waals surface area contributed by atoms with Crippen LogP contribution in [0.2, 0.25) is 0 Å². The summed E-state index contributed by atoms with van der Waals surface area (Å²) in [6.07, 6.45) is 1.58. The Bertz CT molecular complexity index is 666. The zero-order valence-electron chi connectivity index (χ0n) is 11.5. The average Bonchev–Trinajstić information content (AvgIpc) is 2.42. The maximum Gasteiger partial charge on any atom is 0.269 e. The molecule has 106 valence electrons. The van der Waals surface area contributed by atoms with Gasteiger partial charge in [0.2, 0.25) is 0 Å². The quantitative estimate of drug-likeness (QED) is 0.903. The minimum absolute atomic E-state index is 0.100. The molecule has 2 N–H and O–H groups in total. The van der Waals surface area contributed by atoms with Crippen LogP contribution in [0.1, 0.15) is 11.1 Å². The van der Waals surface area contributed by atoms with E-state index < -0.39 is 0 Å². The molecule has 0 fully saturated rings. The highest BCUT2D eigenvalue weighted by Crippen LogP contribution is 2.11. The first-order valence-electron chi connectivity index (χ1n) is 6.23. The van der Waals surface area contributed by atoms with Crippen molar-refractivity contribution in [2.24, 2.45) is 5.73 Å². The Kier molecular flexibility index (Phi) is 4.14. The Balaban J connectivity index is 2.28. The van der Waals surface area contributed by atoms with Gasteiger partial charge in [-0.05, 0) is 11.6 Å². The lowest BCUT2D eigenvalue weighted by Crippen LogP contribution is -2.25. The van der Waals surface area contributed by atoms with E-state index >= 15 is 0 Å². The number of rotatable bonds is 4. The Morgan fingerprint density at radius 1 is 1.35 bits per heavy atom. The van der Waals surface area contributed by atoms with Gasteiger partial charge in [-0.15, -0.1) is 0 Å². The van der Waals surface area contributed by atoms with Crippen LogP contribution in [0.5, 0.6) is 0 Å². The van der Waals surface area contributed by atoms with Crippen molar-refractivity contribution < 1.29 is 4.39 Å². The van der Waals surface area contributed by atoms with Crippen LogP contribution < -0.4 is 16.2 Å². The number of hydrogen-bond donors (Lipinski definition) is 1. The van der Waals surface area contributed by atoms with Crippen LogP contribution in [-0.4, -0.2) is 23.9 Å². The van der Waals surface area contributed by atoms with Crippen LogP contribution in [0, 0.1) is 5.82 Å². The molecule has 0 aliphatic carbocycles. The second-order valence-corrected chi connectivity index (χ2v) is 4.73. The second kappa shape index (κ2) is 5.83. The van der Waals surface area contributed by atoms with Crippen LogP contribution in [0.25, 0.3) is 0 Å². The highest BCUT2D eigenvalue weighted by molar-refractivity contribution is 5.40. The fourth-order valence-corrected chi connectivity index (χ4v) is 1.79. The Labute approximate surface area is 116 Å². The number of halogens is 1. The summed E-state index contributed by atoms with van der Waals surface area (Å²) in [5, 5.41) is 4.05. The standard InChI is InChI=1S/C14H17FN4O/c1-18(2)12-6-14(20)19(17-8-12)9-11-4-3-10(7-16)5-13(11)15/h3-6,8H,7,9,16H2,1-2H3. The highest BCUT2D eigenvalue weighted by atomic mass is 19.1. The minimum atomic E-state index is -0.377. The third-order valence-electron chi connectivity index (χ3n) is 3.04. The molecule has 0 unspecified atom stereocenters. The van der Waals surface area contributed by atoms with E-state index in [1.165, 1.54) is 16.8 Å². The number of aromatic nitrogens is 2. The molecule has 0 radical (unpaired) electrons. The van der Waals surface area contributed by atoms with Crippen molar-refractivity contribution in [3.05, 3.63) is 57.8 Å². The molecule has 20 heavy (non-hydrogen) atoms. The van der Waals surface area contributed by atoms with Crippen LogP contribution in [0.3, 0.4) is 0 Å². The van der Waals surface area contributed by atoms with E-state index in [2.05, 4.69) is 5.10 Å². The Morgan fingerprint density at radius 3 is 2.65 bits per heavy atom. The third kappa shape index (κ3) is 3.03. The normalized spacial score (nSPS) is 10.6. The van der Waals surface area contributed by atoms with Crippen molar-refractivity contribution in [3.8, 4) is 0 Å². The van der Waals surface area contributed by atoms with Crippen molar-refractivity contribution >= 4 is 5.69 Å². The number of anilines is 1. The third-order valence-corrected chi connectivity index (χ3v) is 3.04. The first-order valence-corrected chi connectivity index (χ1v) is 6.23. The molecule has 0 amide bonds. The summed E-state index contributed by atoms with van der Waals surface area (Å²) in [6, 6.07) is 6.23. The minimum Gasteiger partial charge on any atom is -0.376 e. The Hall–Kier alpha value is -2.21. The molecule has 0 atom stereocenters. The smallest absolute Gasteiger partial charge is 0.269 e. The van der Waals surface area contributed by atoms with Crippen molar-refractivity contribution in [2.45, 2.75) is 13.1 Å². The molecule has 1 heterocycles. The van der Waals surface area contributed by atoms with Gasteiger partial charge in [0.15, 0.2) is 0 Å². The van der Waals surface area contributed by atoms with Crippen LogP contribution in [0.4, 0.5) is 10.1 Å². The van der Waals surface area contributed by atoms with Gasteiger partial charge < -0.3 is 10.6 Å². The van der Waals surface area contributed by atoms with Gasteiger partial charge in [0.1, 0.15) is 5.82 Å². The molecule has 0 spiro atoms. The van der Waals surface area contributed by atoms with Gasteiger partial charge in [0.25, 0.3) is 5.56 Å². The van der Waals surface area contributed by atoms with Crippen molar-refractivity contribution in [1.82, 2.24) is 9.78 Å². The largest absolute Gasteiger partial charge is 0.376 e. The van der Waals surface area contributed by atoms with Gasteiger partial charge in [-0.3, -0.25) is 4.79 Å². The number of nitrogens with zero attached hydrogens (tertiary/aromatic N) is 3. The summed E-state index contributed by atoms with van der Waals surface area (Å²) in [6.45, 7) is 0.385. The van der Waals surface area contributed by atoms with Crippen LogP contribution in [0.15, 0.2) is 35.3 Å². The molecule has 2 aromatic rings. The van der Waals surface area contributed by atoms with E-state index in [0.29, 0.717) is 11.3 Å². The van der Waals surface area contributed by atoms with E-state index in [1.807, 2.05) is 14.1 Å². The van der Waals surface area contributed by atoms with E-state index in [9.17, 15) is 9.18 Å². The fraction of sp³-hybridized carbons (Fsp3) is 0.286. The zero-order valence-corrected chi connectivity index (χ0v) is 11.5. The lowest BCUT2D eigenvalue weighted by Gasteiger charge is -2.12. The predicted molar refractivity (Wildman–Crippen MR) is 76.2 cm³/mol. The summed E-state index contributed by atoms with van der Waals surface area (Å²) in [4.78, 5) is 13.7. The van der Waals surface area contributed by atoms with Gasteiger partial charge in [0, 0.05) is 32.3 Å². The number of nitrogens with two attached hydrogens (primary N) is 1. The SMILES string of the molecule is CN(C)c1cnn(Cc2ccc(CN)cc2F)c(=O)c1. The molecule has 2 rings (SSSR count). The van der Waals surface area contributed by atoms with Crippen molar-refractivity contribution in [2.75, 3.05) is 19.0 Å². The lowest BCUT2D eigenvalue weighted by atomic mass is 10.1. The molecule has 0 bridgehead atoms. The molecule has 0 aliphatic rings. The Morgan fingerprint density at radius 2 is 2.10 bits per heavy atom. The van der Waals surface area contributed by atoms with Gasteiger partial charge in [-0.2, -0.15) is 5.10 Å². The molecule has 0 saturated heterocycles. The second-order valence-electron chi connectivity index (χ2n) is 4.73.